The molecule has 0 saturated carbocycles. The van der Waals surface area contributed by atoms with Gasteiger partial charge in [0.05, 0.1) is 6.10 Å². The normalized spacial score (nSPS) is 20.9. The van der Waals surface area contributed by atoms with E-state index in [0.717, 1.165) is 0 Å². The standard InChI is InChI=1S/C3H9NO4S/c1-2(5)3(4)8-9(6)7/h2-3,5H,4H2,1H3,(H,6,7). The van der Waals surface area contributed by atoms with Crippen molar-refractivity contribution in [3.05, 3.63) is 0 Å². The largest absolute Gasteiger partial charge is 0.389 e. The molecule has 0 radical (unpaired) electrons. The molecule has 4 N–H and O–H groups in total. The minimum atomic E-state index is -2.40. The van der Waals surface area contributed by atoms with Crippen LogP contribution in [-0.4, -0.2) is 26.2 Å². The van der Waals surface area contributed by atoms with Gasteiger partial charge in [0.2, 0.25) is 0 Å². The van der Waals surface area contributed by atoms with Crippen LogP contribution in [0.2, 0.25) is 0 Å². The maximum atomic E-state index is 9.81. The lowest BCUT2D eigenvalue weighted by atomic mass is 10.4. The van der Waals surface area contributed by atoms with Crippen LogP contribution >= 0.6 is 0 Å². The van der Waals surface area contributed by atoms with Crippen molar-refractivity contribution >= 4 is 11.4 Å². The van der Waals surface area contributed by atoms with Gasteiger partial charge in [0.1, 0.15) is 0 Å². The van der Waals surface area contributed by atoms with Crippen LogP contribution in [0.5, 0.6) is 0 Å². The van der Waals surface area contributed by atoms with Gasteiger partial charge in [0.25, 0.3) is 0 Å². The Morgan fingerprint density at radius 3 is 2.33 bits per heavy atom. The minimum Gasteiger partial charge on any atom is -0.389 e. The van der Waals surface area contributed by atoms with Crippen LogP contribution in [0.15, 0.2) is 0 Å². The highest BCUT2D eigenvalue weighted by Crippen LogP contribution is 1.91. The van der Waals surface area contributed by atoms with Gasteiger partial charge in [0, 0.05) is 0 Å². The second-order valence-electron chi connectivity index (χ2n) is 1.52. The number of hydrogen-bond donors (Lipinski definition) is 3. The molecule has 5 nitrogen and oxygen atoms in total. The summed E-state index contributed by atoms with van der Waals surface area (Å²) in [5.74, 6) is 0. The Labute approximate surface area is 55.3 Å². The van der Waals surface area contributed by atoms with E-state index in [-0.39, 0.29) is 0 Å². The Kier molecular flexibility index (Phi) is 3.91. The van der Waals surface area contributed by atoms with Gasteiger partial charge in [-0.1, -0.05) is 0 Å². The van der Waals surface area contributed by atoms with Crippen molar-refractivity contribution in [3.8, 4) is 0 Å². The molecule has 0 aliphatic heterocycles. The maximum Gasteiger partial charge on any atom is 0.303 e. The van der Waals surface area contributed by atoms with Crippen LogP contribution in [0.3, 0.4) is 0 Å². The number of hydrogen-bond acceptors (Lipinski definition) is 4. The molecule has 3 unspecified atom stereocenters. The fourth-order valence-corrected chi connectivity index (χ4v) is 0.526. The van der Waals surface area contributed by atoms with E-state index in [1.165, 1.54) is 6.92 Å². The summed E-state index contributed by atoms with van der Waals surface area (Å²) in [5, 5.41) is 8.57. The molecule has 0 amide bonds. The van der Waals surface area contributed by atoms with Crippen molar-refractivity contribution in [1.29, 1.82) is 0 Å². The highest BCUT2D eigenvalue weighted by Gasteiger charge is 2.11. The molecule has 0 rings (SSSR count). The number of aliphatic hydroxyl groups is 1. The summed E-state index contributed by atoms with van der Waals surface area (Å²) in [6.45, 7) is 1.36. The van der Waals surface area contributed by atoms with E-state index >= 15 is 0 Å². The van der Waals surface area contributed by atoms with Crippen LogP contribution in [0.4, 0.5) is 0 Å². The Morgan fingerprint density at radius 2 is 2.22 bits per heavy atom. The zero-order valence-corrected chi connectivity index (χ0v) is 5.67. The first-order valence-electron chi connectivity index (χ1n) is 2.25. The molecule has 9 heavy (non-hydrogen) atoms. The van der Waals surface area contributed by atoms with Crippen LogP contribution < -0.4 is 5.73 Å². The molecule has 0 spiro atoms. The number of nitrogens with two attached hydrogens (primary N) is 1. The molecule has 0 saturated heterocycles. The highest BCUT2D eigenvalue weighted by molar-refractivity contribution is 7.74. The Hall–Kier alpha value is -0.0100. The van der Waals surface area contributed by atoms with E-state index in [0.29, 0.717) is 0 Å². The number of rotatable bonds is 3. The first-order chi connectivity index (χ1) is 4.04. The minimum absolute atomic E-state index is 0.943. The topological polar surface area (TPSA) is 92.8 Å². The molecule has 0 fully saturated rings. The predicted molar refractivity (Wildman–Crippen MR) is 31.5 cm³/mol. The third-order valence-electron chi connectivity index (χ3n) is 0.669. The van der Waals surface area contributed by atoms with E-state index < -0.39 is 23.7 Å². The van der Waals surface area contributed by atoms with E-state index in [4.69, 9.17) is 15.4 Å². The fourth-order valence-electron chi connectivity index (χ4n) is 0.175. The summed E-state index contributed by atoms with van der Waals surface area (Å²) in [6, 6.07) is 0. The molecule has 6 heteroatoms. The lowest BCUT2D eigenvalue weighted by Crippen LogP contribution is -2.35. The maximum absolute atomic E-state index is 9.81. The van der Waals surface area contributed by atoms with Crippen LogP contribution in [0, 0.1) is 0 Å². The Bertz CT molecular complexity index is 106. The van der Waals surface area contributed by atoms with Gasteiger partial charge in [-0.25, -0.2) is 4.18 Å². The smallest absolute Gasteiger partial charge is 0.303 e. The lowest BCUT2D eigenvalue weighted by molar-refractivity contribution is 0.0558. The molecular formula is C3H9NO4S. The molecule has 0 aliphatic carbocycles. The SMILES string of the molecule is CC(O)C(N)OS(=O)O. The average Bonchev–Trinajstić information content (AvgIpc) is 1.63. The zero-order chi connectivity index (χ0) is 7.44. The van der Waals surface area contributed by atoms with Crippen LogP contribution in [0.25, 0.3) is 0 Å². The zero-order valence-electron chi connectivity index (χ0n) is 4.85. The highest BCUT2D eigenvalue weighted by atomic mass is 32.2. The van der Waals surface area contributed by atoms with Crippen molar-refractivity contribution < 1.29 is 18.1 Å². The Morgan fingerprint density at radius 1 is 1.78 bits per heavy atom. The molecule has 0 aromatic carbocycles. The van der Waals surface area contributed by atoms with E-state index in [1.54, 1.807) is 0 Å². The third-order valence-corrected chi connectivity index (χ3v) is 1.06. The second kappa shape index (κ2) is 3.91. The third kappa shape index (κ3) is 4.49. The quantitative estimate of drug-likeness (QED) is 0.352. The summed E-state index contributed by atoms with van der Waals surface area (Å²) >= 11 is -2.40. The van der Waals surface area contributed by atoms with Crippen molar-refractivity contribution in [3.63, 3.8) is 0 Å². The van der Waals surface area contributed by atoms with E-state index in [2.05, 4.69) is 4.18 Å². The molecule has 0 aromatic heterocycles. The average molecular weight is 155 g/mol. The molecule has 0 aromatic rings. The van der Waals surface area contributed by atoms with Crippen molar-refractivity contribution in [2.24, 2.45) is 5.73 Å². The summed E-state index contributed by atoms with van der Waals surface area (Å²) in [6.07, 6.45) is -2.04. The van der Waals surface area contributed by atoms with Gasteiger partial charge in [0.15, 0.2) is 6.23 Å². The van der Waals surface area contributed by atoms with Gasteiger partial charge in [-0.15, -0.1) is 0 Å². The number of aliphatic hydroxyl groups excluding tert-OH is 1. The summed E-state index contributed by atoms with van der Waals surface area (Å²) in [7, 11) is 0. The summed E-state index contributed by atoms with van der Waals surface area (Å²) in [4.78, 5) is 0. The summed E-state index contributed by atoms with van der Waals surface area (Å²) < 4.78 is 21.9. The molecule has 0 aliphatic rings. The predicted octanol–water partition coefficient (Wildman–Crippen LogP) is -1.19. The second-order valence-corrected chi connectivity index (χ2v) is 2.15. The fraction of sp³-hybridized carbons (Fsp3) is 1.00. The van der Waals surface area contributed by atoms with Crippen molar-refractivity contribution in [1.82, 2.24) is 0 Å². The molecule has 56 valence electrons. The van der Waals surface area contributed by atoms with E-state index in [1.807, 2.05) is 0 Å². The lowest BCUT2D eigenvalue weighted by Gasteiger charge is -2.10. The van der Waals surface area contributed by atoms with Crippen LogP contribution in [-0.2, 0) is 15.5 Å². The van der Waals surface area contributed by atoms with Gasteiger partial charge >= 0.3 is 11.4 Å². The molecule has 0 heterocycles. The van der Waals surface area contributed by atoms with E-state index in [9.17, 15) is 4.21 Å². The first kappa shape index (κ1) is 8.99. The molecular weight excluding hydrogens is 146 g/mol. The Balaban J connectivity index is 3.50. The monoisotopic (exact) mass is 155 g/mol. The van der Waals surface area contributed by atoms with Gasteiger partial charge in [-0.3, -0.25) is 4.55 Å². The van der Waals surface area contributed by atoms with Crippen molar-refractivity contribution in [2.75, 3.05) is 0 Å². The molecule has 0 bridgehead atoms. The van der Waals surface area contributed by atoms with Gasteiger partial charge in [-0.05, 0) is 6.92 Å². The summed E-state index contributed by atoms with van der Waals surface area (Å²) in [5.41, 5.74) is 4.99. The molecule has 3 atom stereocenters. The first-order valence-corrected chi connectivity index (χ1v) is 3.29. The van der Waals surface area contributed by atoms with Crippen molar-refractivity contribution in [2.45, 2.75) is 19.3 Å². The van der Waals surface area contributed by atoms with Gasteiger partial charge in [-0.2, -0.15) is 4.21 Å². The van der Waals surface area contributed by atoms with Gasteiger partial charge < -0.3 is 10.8 Å². The van der Waals surface area contributed by atoms with Crippen LogP contribution in [0.1, 0.15) is 6.92 Å².